The van der Waals surface area contributed by atoms with Crippen LogP contribution in [0.4, 0.5) is 11.4 Å². The molecule has 0 bridgehead atoms. The van der Waals surface area contributed by atoms with Gasteiger partial charge in [-0.3, -0.25) is 9.00 Å². The second-order valence-electron chi connectivity index (χ2n) is 6.32. The van der Waals surface area contributed by atoms with Crippen LogP contribution in [0.5, 0.6) is 0 Å². The summed E-state index contributed by atoms with van der Waals surface area (Å²) < 4.78 is 16.8. The van der Waals surface area contributed by atoms with E-state index < -0.39 is 29.3 Å². The van der Waals surface area contributed by atoms with E-state index in [0.717, 1.165) is 18.8 Å². The summed E-state index contributed by atoms with van der Waals surface area (Å²) in [6.07, 6.45) is 3.90. The molecule has 1 aliphatic rings. The second-order valence-corrected chi connectivity index (χ2v) is 7.66. The van der Waals surface area contributed by atoms with Crippen LogP contribution in [0.2, 0.25) is 0 Å². The average Bonchev–Trinajstić information content (AvgIpc) is 3.21. The number of hydrogen-bond acceptors (Lipinski definition) is 5. The third-order valence-electron chi connectivity index (χ3n) is 4.37. The van der Waals surface area contributed by atoms with Gasteiger partial charge in [-0.2, -0.15) is 0 Å². The van der Waals surface area contributed by atoms with Crippen molar-refractivity contribution in [1.82, 2.24) is 0 Å². The molecule has 1 fully saturated rings. The van der Waals surface area contributed by atoms with E-state index in [0.29, 0.717) is 10.6 Å². The summed E-state index contributed by atoms with van der Waals surface area (Å²) in [5.41, 5.74) is 2.00. The molecular formula is C20H22N2O4S. The number of amides is 1. The molecule has 0 aliphatic carbocycles. The Bertz CT molecular complexity index is 845. The summed E-state index contributed by atoms with van der Waals surface area (Å²) in [6, 6.07) is 14.1. The van der Waals surface area contributed by atoms with Gasteiger partial charge in [-0.05, 0) is 49.2 Å². The van der Waals surface area contributed by atoms with E-state index in [1.54, 1.807) is 18.2 Å². The van der Waals surface area contributed by atoms with E-state index >= 15 is 0 Å². The fourth-order valence-corrected chi connectivity index (χ4v) is 3.75. The van der Waals surface area contributed by atoms with Crippen LogP contribution in [0.1, 0.15) is 23.2 Å². The SMILES string of the molecule is C[S@](=O)c1ccccc1C(=O)OCC(=O)Nc1ccc(N2CCCC2)cc1. The number of anilines is 2. The molecule has 2 aromatic rings. The second kappa shape index (κ2) is 8.81. The first-order valence-corrected chi connectivity index (χ1v) is 10.3. The molecule has 27 heavy (non-hydrogen) atoms. The Hall–Kier alpha value is -2.67. The van der Waals surface area contributed by atoms with Crippen molar-refractivity contribution in [2.75, 3.05) is 36.2 Å². The molecule has 1 aliphatic heterocycles. The lowest BCUT2D eigenvalue weighted by Gasteiger charge is -2.17. The quantitative estimate of drug-likeness (QED) is 0.773. The molecule has 1 heterocycles. The third kappa shape index (κ3) is 4.95. The summed E-state index contributed by atoms with van der Waals surface area (Å²) in [5, 5.41) is 2.71. The zero-order valence-corrected chi connectivity index (χ0v) is 16.0. The molecule has 6 nitrogen and oxygen atoms in total. The van der Waals surface area contributed by atoms with Gasteiger partial charge in [0, 0.05) is 30.7 Å². The molecule has 0 radical (unpaired) electrons. The largest absolute Gasteiger partial charge is 0.452 e. The van der Waals surface area contributed by atoms with Gasteiger partial charge in [0.25, 0.3) is 5.91 Å². The molecule has 1 amide bonds. The Labute approximate surface area is 161 Å². The molecule has 0 unspecified atom stereocenters. The molecule has 142 valence electrons. The molecule has 2 aromatic carbocycles. The topological polar surface area (TPSA) is 75.7 Å². The Morgan fingerprint density at radius 2 is 1.74 bits per heavy atom. The number of ether oxygens (including phenoxy) is 1. The van der Waals surface area contributed by atoms with Gasteiger partial charge in [0.2, 0.25) is 0 Å². The van der Waals surface area contributed by atoms with E-state index in [4.69, 9.17) is 4.74 Å². The van der Waals surface area contributed by atoms with Crippen molar-refractivity contribution < 1.29 is 18.5 Å². The van der Waals surface area contributed by atoms with E-state index in [-0.39, 0.29) is 5.56 Å². The molecule has 1 saturated heterocycles. The molecule has 0 aromatic heterocycles. The van der Waals surface area contributed by atoms with E-state index in [2.05, 4.69) is 10.2 Å². The first-order chi connectivity index (χ1) is 13.0. The van der Waals surface area contributed by atoms with Gasteiger partial charge < -0.3 is 15.0 Å². The van der Waals surface area contributed by atoms with Crippen LogP contribution in [0.15, 0.2) is 53.4 Å². The number of nitrogens with one attached hydrogen (secondary N) is 1. The maximum atomic E-state index is 12.2. The van der Waals surface area contributed by atoms with Crippen LogP contribution in [0.3, 0.4) is 0 Å². The Morgan fingerprint density at radius 3 is 2.41 bits per heavy atom. The van der Waals surface area contributed by atoms with Gasteiger partial charge in [0.05, 0.1) is 21.3 Å². The molecule has 1 N–H and O–H groups in total. The van der Waals surface area contributed by atoms with Gasteiger partial charge in [0.1, 0.15) is 0 Å². The summed E-state index contributed by atoms with van der Waals surface area (Å²) in [5.74, 6) is -1.09. The minimum atomic E-state index is -1.32. The molecule has 0 spiro atoms. The van der Waals surface area contributed by atoms with Crippen LogP contribution < -0.4 is 10.2 Å². The number of hydrogen-bond donors (Lipinski definition) is 1. The zero-order chi connectivity index (χ0) is 19.2. The zero-order valence-electron chi connectivity index (χ0n) is 15.1. The molecule has 7 heteroatoms. The standard InChI is InChI=1S/C20H22N2O4S/c1-27(25)18-7-3-2-6-17(18)20(24)26-14-19(23)21-15-8-10-16(11-9-15)22-12-4-5-13-22/h2-3,6-11H,4-5,12-14H2,1H3,(H,21,23)/t27-/m0/s1. The molecule has 3 rings (SSSR count). The van der Waals surface area contributed by atoms with Crippen molar-refractivity contribution >= 4 is 34.1 Å². The van der Waals surface area contributed by atoms with Crippen molar-refractivity contribution in [3.63, 3.8) is 0 Å². The predicted octanol–water partition coefficient (Wildman–Crippen LogP) is 2.82. The Morgan fingerprint density at radius 1 is 1.07 bits per heavy atom. The molecule has 0 saturated carbocycles. The van der Waals surface area contributed by atoms with E-state index in [1.165, 1.54) is 25.2 Å². The number of benzene rings is 2. The summed E-state index contributed by atoms with van der Waals surface area (Å²) in [7, 11) is -1.32. The van der Waals surface area contributed by atoms with E-state index in [9.17, 15) is 13.8 Å². The van der Waals surface area contributed by atoms with Gasteiger partial charge >= 0.3 is 5.97 Å². The highest BCUT2D eigenvalue weighted by Gasteiger charge is 2.16. The maximum absolute atomic E-state index is 12.2. The van der Waals surface area contributed by atoms with Crippen LogP contribution in [0, 0.1) is 0 Å². The maximum Gasteiger partial charge on any atom is 0.339 e. The van der Waals surface area contributed by atoms with Gasteiger partial charge in [-0.25, -0.2) is 4.79 Å². The first-order valence-electron chi connectivity index (χ1n) is 8.79. The lowest BCUT2D eigenvalue weighted by atomic mass is 10.2. The fourth-order valence-electron chi connectivity index (χ4n) is 3.02. The van der Waals surface area contributed by atoms with Crippen LogP contribution in [0.25, 0.3) is 0 Å². The van der Waals surface area contributed by atoms with Crippen molar-refractivity contribution in [2.24, 2.45) is 0 Å². The summed E-state index contributed by atoms with van der Waals surface area (Å²) >= 11 is 0. The third-order valence-corrected chi connectivity index (χ3v) is 5.35. The number of carbonyl (C=O) groups excluding carboxylic acids is 2. The first kappa shape index (κ1) is 19.1. The van der Waals surface area contributed by atoms with Crippen molar-refractivity contribution in [1.29, 1.82) is 0 Å². The lowest BCUT2D eigenvalue weighted by molar-refractivity contribution is -0.119. The molecule has 1 atom stereocenters. The monoisotopic (exact) mass is 386 g/mol. The number of carbonyl (C=O) groups is 2. The Balaban J connectivity index is 1.54. The fraction of sp³-hybridized carbons (Fsp3) is 0.300. The van der Waals surface area contributed by atoms with Gasteiger partial charge in [-0.1, -0.05) is 12.1 Å². The average molecular weight is 386 g/mol. The minimum Gasteiger partial charge on any atom is -0.452 e. The van der Waals surface area contributed by atoms with Gasteiger partial charge in [-0.15, -0.1) is 0 Å². The highest BCUT2D eigenvalue weighted by molar-refractivity contribution is 7.84. The van der Waals surface area contributed by atoms with Crippen molar-refractivity contribution in [2.45, 2.75) is 17.7 Å². The summed E-state index contributed by atoms with van der Waals surface area (Å²) in [4.78, 5) is 26.9. The van der Waals surface area contributed by atoms with Crippen molar-refractivity contribution in [3.05, 3.63) is 54.1 Å². The number of rotatable bonds is 6. The lowest BCUT2D eigenvalue weighted by Crippen LogP contribution is -2.21. The van der Waals surface area contributed by atoms with Crippen LogP contribution in [-0.2, 0) is 20.3 Å². The van der Waals surface area contributed by atoms with E-state index in [1.807, 2.05) is 24.3 Å². The number of nitrogens with zero attached hydrogens (tertiary/aromatic N) is 1. The van der Waals surface area contributed by atoms with Crippen LogP contribution in [-0.4, -0.2) is 42.0 Å². The highest BCUT2D eigenvalue weighted by atomic mass is 32.2. The predicted molar refractivity (Wildman–Crippen MR) is 106 cm³/mol. The van der Waals surface area contributed by atoms with Crippen molar-refractivity contribution in [3.8, 4) is 0 Å². The normalized spacial score (nSPS) is 14.6. The molecular weight excluding hydrogens is 364 g/mol. The summed E-state index contributed by atoms with van der Waals surface area (Å²) in [6.45, 7) is 1.72. The van der Waals surface area contributed by atoms with Crippen LogP contribution >= 0.6 is 0 Å². The minimum absolute atomic E-state index is 0.209. The van der Waals surface area contributed by atoms with Gasteiger partial charge in [0.15, 0.2) is 6.61 Å². The highest BCUT2D eigenvalue weighted by Crippen LogP contribution is 2.22. The smallest absolute Gasteiger partial charge is 0.339 e. The number of esters is 1. The Kier molecular flexibility index (Phi) is 6.24.